The van der Waals surface area contributed by atoms with Crippen LogP contribution in [0.4, 0.5) is 0 Å². The van der Waals surface area contributed by atoms with Gasteiger partial charge in [-0.1, -0.05) is 67.6 Å². The van der Waals surface area contributed by atoms with Gasteiger partial charge in [0.2, 0.25) is 10.0 Å². The fourth-order valence-electron chi connectivity index (χ4n) is 2.27. The van der Waals surface area contributed by atoms with E-state index in [0.29, 0.717) is 5.01 Å². The van der Waals surface area contributed by atoms with Crippen LogP contribution in [0.3, 0.4) is 0 Å². The Morgan fingerprint density at radius 3 is 2.20 bits per heavy atom. The van der Waals surface area contributed by atoms with Gasteiger partial charge in [0.15, 0.2) is 0 Å². The summed E-state index contributed by atoms with van der Waals surface area (Å²) in [5, 5.41) is 9.66. The highest BCUT2D eigenvalue weighted by molar-refractivity contribution is 7.89. The Balaban J connectivity index is 1.71. The zero-order valence-electron chi connectivity index (χ0n) is 14.0. The summed E-state index contributed by atoms with van der Waals surface area (Å²) in [6, 6.07) is 16.7. The van der Waals surface area contributed by atoms with E-state index in [-0.39, 0.29) is 17.4 Å². The van der Waals surface area contributed by atoms with Crippen LogP contribution in [0.2, 0.25) is 0 Å². The molecule has 7 heteroatoms. The molecule has 0 atom stereocenters. The maximum Gasteiger partial charge on any atom is 0.240 e. The predicted octanol–water partition coefficient (Wildman–Crippen LogP) is 3.81. The smallest absolute Gasteiger partial charge is 0.207 e. The first kappa shape index (κ1) is 17.7. The monoisotopic (exact) mass is 373 g/mol. The molecule has 0 fully saturated rings. The van der Waals surface area contributed by atoms with Crippen LogP contribution in [0.15, 0.2) is 59.5 Å². The topological polar surface area (TPSA) is 72.0 Å². The first-order valence-electron chi connectivity index (χ1n) is 7.93. The Hall–Kier alpha value is -2.09. The average molecular weight is 374 g/mol. The minimum Gasteiger partial charge on any atom is -0.207 e. The highest BCUT2D eigenvalue weighted by atomic mass is 32.2. The van der Waals surface area contributed by atoms with Crippen LogP contribution in [0.5, 0.6) is 0 Å². The van der Waals surface area contributed by atoms with Crippen LogP contribution in [0.25, 0.3) is 11.1 Å². The molecule has 0 bridgehead atoms. The van der Waals surface area contributed by atoms with Crippen molar-refractivity contribution >= 4 is 21.4 Å². The maximum atomic E-state index is 12.4. The molecule has 3 rings (SSSR count). The third-order valence-electron chi connectivity index (χ3n) is 3.66. The van der Waals surface area contributed by atoms with Crippen molar-refractivity contribution in [3.05, 3.63) is 64.6 Å². The van der Waals surface area contributed by atoms with Crippen molar-refractivity contribution in [3.8, 4) is 11.1 Å². The first-order valence-corrected chi connectivity index (χ1v) is 10.2. The van der Waals surface area contributed by atoms with E-state index in [0.717, 1.165) is 16.1 Å². The van der Waals surface area contributed by atoms with Gasteiger partial charge in [0, 0.05) is 5.92 Å². The minimum absolute atomic E-state index is 0.146. The second kappa shape index (κ2) is 7.43. The first-order chi connectivity index (χ1) is 12.0. The summed E-state index contributed by atoms with van der Waals surface area (Å²) >= 11 is 1.43. The van der Waals surface area contributed by atoms with Crippen molar-refractivity contribution in [1.29, 1.82) is 0 Å². The minimum atomic E-state index is -3.58. The molecule has 0 aliphatic heterocycles. The van der Waals surface area contributed by atoms with Crippen molar-refractivity contribution in [2.24, 2.45) is 0 Å². The molecule has 1 heterocycles. The highest BCUT2D eigenvalue weighted by Crippen LogP contribution is 2.22. The number of sulfonamides is 1. The molecule has 130 valence electrons. The van der Waals surface area contributed by atoms with Gasteiger partial charge in [0.05, 0.1) is 11.4 Å². The van der Waals surface area contributed by atoms with E-state index < -0.39 is 10.0 Å². The molecule has 0 radical (unpaired) electrons. The van der Waals surface area contributed by atoms with E-state index in [9.17, 15) is 8.42 Å². The van der Waals surface area contributed by atoms with Crippen molar-refractivity contribution in [2.75, 3.05) is 0 Å². The molecule has 1 aromatic heterocycles. The van der Waals surface area contributed by atoms with Crippen LogP contribution >= 0.6 is 11.3 Å². The molecule has 5 nitrogen and oxygen atoms in total. The maximum absolute atomic E-state index is 12.4. The summed E-state index contributed by atoms with van der Waals surface area (Å²) in [4.78, 5) is 0.237. The molecule has 0 aliphatic rings. The number of hydrogen-bond acceptors (Lipinski definition) is 5. The summed E-state index contributed by atoms with van der Waals surface area (Å²) in [6.07, 6.45) is 0. The lowest BCUT2D eigenvalue weighted by Gasteiger charge is -2.07. The summed E-state index contributed by atoms with van der Waals surface area (Å²) in [7, 11) is -3.58. The van der Waals surface area contributed by atoms with E-state index >= 15 is 0 Å². The normalized spacial score (nSPS) is 11.8. The molecule has 3 aromatic rings. The molecule has 2 aromatic carbocycles. The largest absolute Gasteiger partial charge is 0.240 e. The van der Waals surface area contributed by atoms with Gasteiger partial charge < -0.3 is 0 Å². The third-order valence-corrected chi connectivity index (χ3v) is 6.30. The number of hydrogen-bond donors (Lipinski definition) is 1. The molecule has 0 saturated heterocycles. The van der Waals surface area contributed by atoms with Crippen molar-refractivity contribution in [2.45, 2.75) is 31.2 Å². The molecular formula is C18H19N3O2S2. The molecule has 0 saturated carbocycles. The number of aromatic nitrogens is 2. The predicted molar refractivity (Wildman–Crippen MR) is 99.9 cm³/mol. The van der Waals surface area contributed by atoms with Crippen LogP contribution < -0.4 is 4.72 Å². The standard InChI is InChI=1S/C18H19N3O2S2/c1-13(2)18-21-20-17(24-18)12-19-25(22,23)16-10-8-15(9-11-16)14-6-4-3-5-7-14/h3-11,13,19H,12H2,1-2H3. The third kappa shape index (κ3) is 4.31. The van der Waals surface area contributed by atoms with Gasteiger partial charge in [0.1, 0.15) is 10.0 Å². The Morgan fingerprint density at radius 2 is 1.60 bits per heavy atom. The molecule has 25 heavy (non-hydrogen) atoms. The van der Waals surface area contributed by atoms with Crippen molar-refractivity contribution in [3.63, 3.8) is 0 Å². The fourth-order valence-corrected chi connectivity index (χ4v) is 4.13. The van der Waals surface area contributed by atoms with Gasteiger partial charge in [-0.3, -0.25) is 0 Å². The van der Waals surface area contributed by atoms with Crippen LogP contribution in [0.1, 0.15) is 29.8 Å². The van der Waals surface area contributed by atoms with Gasteiger partial charge in [-0.15, -0.1) is 10.2 Å². The number of benzene rings is 2. The summed E-state index contributed by atoms with van der Waals surface area (Å²) in [5.41, 5.74) is 2.03. The summed E-state index contributed by atoms with van der Waals surface area (Å²) < 4.78 is 27.5. The van der Waals surface area contributed by atoms with E-state index in [4.69, 9.17) is 0 Å². The van der Waals surface area contributed by atoms with Gasteiger partial charge in [-0.25, -0.2) is 13.1 Å². The van der Waals surface area contributed by atoms with Gasteiger partial charge in [-0.05, 0) is 23.3 Å². The molecule has 0 spiro atoms. The van der Waals surface area contributed by atoms with Gasteiger partial charge >= 0.3 is 0 Å². The molecule has 0 amide bonds. The van der Waals surface area contributed by atoms with Crippen LogP contribution in [-0.4, -0.2) is 18.6 Å². The molecule has 0 unspecified atom stereocenters. The zero-order chi connectivity index (χ0) is 17.9. The Kier molecular flexibility index (Phi) is 5.27. The lowest BCUT2D eigenvalue weighted by molar-refractivity contribution is 0.581. The van der Waals surface area contributed by atoms with Crippen LogP contribution in [-0.2, 0) is 16.6 Å². The van der Waals surface area contributed by atoms with Crippen molar-refractivity contribution in [1.82, 2.24) is 14.9 Å². The van der Waals surface area contributed by atoms with Gasteiger partial charge in [-0.2, -0.15) is 0 Å². The SMILES string of the molecule is CC(C)c1nnc(CNS(=O)(=O)c2ccc(-c3ccccc3)cc2)s1. The lowest BCUT2D eigenvalue weighted by Crippen LogP contribution is -2.23. The van der Waals surface area contributed by atoms with Crippen LogP contribution in [0, 0.1) is 0 Å². The average Bonchev–Trinajstić information content (AvgIpc) is 3.10. The number of nitrogens with zero attached hydrogens (tertiary/aromatic N) is 2. The van der Waals surface area contributed by atoms with Gasteiger partial charge in [0.25, 0.3) is 0 Å². The summed E-state index contributed by atoms with van der Waals surface area (Å²) in [6.45, 7) is 4.21. The van der Waals surface area contributed by atoms with E-state index in [1.54, 1.807) is 12.1 Å². The molecule has 1 N–H and O–H groups in total. The highest BCUT2D eigenvalue weighted by Gasteiger charge is 2.15. The zero-order valence-corrected chi connectivity index (χ0v) is 15.6. The van der Waals surface area contributed by atoms with E-state index in [2.05, 4.69) is 14.9 Å². The summed E-state index contributed by atoms with van der Waals surface area (Å²) in [5.74, 6) is 0.286. The molecular weight excluding hydrogens is 354 g/mol. The Labute approximate surface area is 151 Å². The second-order valence-electron chi connectivity index (χ2n) is 5.90. The molecule has 0 aliphatic carbocycles. The van der Waals surface area contributed by atoms with Crippen molar-refractivity contribution < 1.29 is 8.42 Å². The second-order valence-corrected chi connectivity index (χ2v) is 8.76. The quantitative estimate of drug-likeness (QED) is 0.713. The lowest BCUT2D eigenvalue weighted by atomic mass is 10.1. The fraction of sp³-hybridized carbons (Fsp3) is 0.222. The number of rotatable bonds is 6. The Bertz CT molecular complexity index is 934. The Morgan fingerprint density at radius 1 is 0.960 bits per heavy atom. The van der Waals surface area contributed by atoms with E-state index in [1.165, 1.54) is 11.3 Å². The van der Waals surface area contributed by atoms with E-state index in [1.807, 2.05) is 56.3 Å². The number of nitrogens with one attached hydrogen (secondary N) is 1.